The largest absolute Gasteiger partial charge is 0.416 e. The summed E-state index contributed by atoms with van der Waals surface area (Å²) in [5.41, 5.74) is 7.14. The van der Waals surface area contributed by atoms with Crippen LogP contribution in [0.4, 0.5) is 13.2 Å². The molecular weight excluding hydrogens is 455 g/mol. The van der Waals surface area contributed by atoms with E-state index in [-0.39, 0.29) is 34.6 Å². The first-order valence-electron chi connectivity index (χ1n) is 10.6. The van der Waals surface area contributed by atoms with Crippen LogP contribution in [0.3, 0.4) is 0 Å². The summed E-state index contributed by atoms with van der Waals surface area (Å²) in [4.78, 5) is 25.8. The van der Waals surface area contributed by atoms with Gasteiger partial charge in [0, 0.05) is 38.0 Å². The maximum atomic E-state index is 13.3. The number of benzene rings is 1. The number of amides is 1. The number of rotatable bonds is 5. The van der Waals surface area contributed by atoms with Gasteiger partial charge < -0.3 is 11.1 Å². The Kier molecular flexibility index (Phi) is 8.07. The highest BCUT2D eigenvalue weighted by atomic mass is 35.5. The Morgan fingerprint density at radius 2 is 1.97 bits per heavy atom. The van der Waals surface area contributed by atoms with Crippen molar-refractivity contribution in [2.45, 2.75) is 38.9 Å². The normalized spacial score (nSPS) is 19.7. The zero-order valence-electron chi connectivity index (χ0n) is 18.1. The van der Waals surface area contributed by atoms with Crippen molar-refractivity contribution in [1.82, 2.24) is 5.32 Å². The number of halogens is 4. The second-order valence-corrected chi connectivity index (χ2v) is 8.07. The maximum Gasteiger partial charge on any atom is 0.416 e. The quantitative estimate of drug-likeness (QED) is 0.612. The fourth-order valence-corrected chi connectivity index (χ4v) is 4.08. The molecule has 1 amide bonds. The van der Waals surface area contributed by atoms with Crippen molar-refractivity contribution in [1.29, 1.82) is 0 Å². The molecule has 10 heteroatoms. The van der Waals surface area contributed by atoms with E-state index in [0.717, 1.165) is 23.6 Å². The highest BCUT2D eigenvalue weighted by molar-refractivity contribution is 6.46. The molecule has 0 spiro atoms. The third-order valence-electron chi connectivity index (χ3n) is 5.62. The molecule has 33 heavy (non-hydrogen) atoms. The summed E-state index contributed by atoms with van der Waals surface area (Å²) in [6.45, 7) is 2.71. The number of alkyl halides is 3. The van der Waals surface area contributed by atoms with Crippen LogP contribution in [0.25, 0.3) is 0 Å². The minimum atomic E-state index is -4.53. The van der Waals surface area contributed by atoms with Gasteiger partial charge in [0.1, 0.15) is 5.16 Å². The van der Waals surface area contributed by atoms with Gasteiger partial charge in [-0.2, -0.15) is 13.2 Å². The Hall–Kier alpha value is -2.94. The second-order valence-electron chi connectivity index (χ2n) is 7.72. The summed E-state index contributed by atoms with van der Waals surface area (Å²) in [5.74, 6) is -0.694. The first-order valence-corrected chi connectivity index (χ1v) is 11.0. The topological polar surface area (TPSA) is 92.2 Å². The Balaban J connectivity index is 1.88. The minimum Gasteiger partial charge on any atom is -0.397 e. The standard InChI is InChI=1S/C23H25ClF3N5O/c1-2-14-11-17(15-7-8-29-9-10-30-12-15)21(24)32-20(19(14)28)22(33)31-13-16-5-3-4-6-18(16)23(25,26)27/h3-6,9-10,15H,2,7-8,11-13,28H2,1H3,(H,31,33). The Labute approximate surface area is 195 Å². The summed E-state index contributed by atoms with van der Waals surface area (Å²) in [7, 11) is 0. The summed E-state index contributed by atoms with van der Waals surface area (Å²) in [6.07, 6.45) is 0.511. The van der Waals surface area contributed by atoms with Crippen molar-refractivity contribution in [2.75, 3.05) is 13.1 Å². The average molecular weight is 480 g/mol. The van der Waals surface area contributed by atoms with Gasteiger partial charge in [-0.15, -0.1) is 0 Å². The lowest BCUT2D eigenvalue weighted by Crippen LogP contribution is -2.35. The molecule has 2 aliphatic rings. The average Bonchev–Trinajstić information content (AvgIpc) is 2.88. The van der Waals surface area contributed by atoms with Crippen LogP contribution in [0, 0.1) is 5.92 Å². The van der Waals surface area contributed by atoms with Gasteiger partial charge in [-0.1, -0.05) is 36.7 Å². The number of hydrogen-bond acceptors (Lipinski definition) is 5. The number of allylic oxidation sites excluding steroid dienone is 1. The van der Waals surface area contributed by atoms with Gasteiger partial charge in [-0.3, -0.25) is 14.8 Å². The second kappa shape index (κ2) is 10.8. The van der Waals surface area contributed by atoms with E-state index >= 15 is 0 Å². The fourth-order valence-electron chi connectivity index (χ4n) is 3.77. The van der Waals surface area contributed by atoms with E-state index in [1.807, 2.05) is 6.92 Å². The number of nitrogens with two attached hydrogens (primary N) is 1. The first-order chi connectivity index (χ1) is 15.7. The van der Waals surface area contributed by atoms with Crippen molar-refractivity contribution in [3.8, 4) is 0 Å². The number of carbonyl (C=O) groups excluding carboxylic acids is 1. The van der Waals surface area contributed by atoms with Crippen LogP contribution in [0.2, 0.25) is 0 Å². The lowest BCUT2D eigenvalue weighted by atomic mass is 9.89. The van der Waals surface area contributed by atoms with Gasteiger partial charge >= 0.3 is 6.18 Å². The zero-order valence-corrected chi connectivity index (χ0v) is 18.9. The molecule has 176 valence electrons. The van der Waals surface area contributed by atoms with Crippen LogP contribution < -0.4 is 11.1 Å². The van der Waals surface area contributed by atoms with E-state index in [9.17, 15) is 18.0 Å². The molecule has 1 aromatic carbocycles. The van der Waals surface area contributed by atoms with E-state index in [0.29, 0.717) is 25.9 Å². The number of nitrogens with one attached hydrogen (secondary N) is 1. The molecule has 0 radical (unpaired) electrons. The van der Waals surface area contributed by atoms with Crippen molar-refractivity contribution >= 4 is 35.6 Å². The highest BCUT2D eigenvalue weighted by Crippen LogP contribution is 2.34. The molecular formula is C23H25ClF3N5O. The van der Waals surface area contributed by atoms with Crippen LogP contribution in [0.1, 0.15) is 37.3 Å². The fraction of sp³-hybridized carbons (Fsp3) is 0.391. The smallest absolute Gasteiger partial charge is 0.397 e. The molecule has 3 N–H and O–H groups in total. The van der Waals surface area contributed by atoms with E-state index in [1.165, 1.54) is 18.2 Å². The summed E-state index contributed by atoms with van der Waals surface area (Å²) < 4.78 is 39.8. The molecule has 0 aliphatic carbocycles. The van der Waals surface area contributed by atoms with E-state index in [2.05, 4.69) is 20.3 Å². The summed E-state index contributed by atoms with van der Waals surface area (Å²) in [6, 6.07) is 5.07. The molecule has 0 saturated heterocycles. The molecule has 3 rings (SSSR count). The molecule has 0 saturated carbocycles. The summed E-state index contributed by atoms with van der Waals surface area (Å²) in [5, 5.41) is 2.67. The lowest BCUT2D eigenvalue weighted by Gasteiger charge is -2.20. The Morgan fingerprint density at radius 1 is 1.24 bits per heavy atom. The van der Waals surface area contributed by atoms with Crippen molar-refractivity contribution < 1.29 is 18.0 Å². The van der Waals surface area contributed by atoms with Crippen LogP contribution in [0.15, 0.2) is 61.2 Å². The van der Waals surface area contributed by atoms with E-state index in [1.54, 1.807) is 12.4 Å². The summed E-state index contributed by atoms with van der Waals surface area (Å²) >= 11 is 6.53. The maximum absolute atomic E-state index is 13.3. The molecule has 6 nitrogen and oxygen atoms in total. The van der Waals surface area contributed by atoms with Crippen molar-refractivity contribution in [3.63, 3.8) is 0 Å². The number of nitrogens with zero attached hydrogens (tertiary/aromatic N) is 3. The molecule has 1 aromatic rings. The third-order valence-corrected chi connectivity index (χ3v) is 5.95. The van der Waals surface area contributed by atoms with Gasteiger partial charge in [0.05, 0.1) is 11.3 Å². The van der Waals surface area contributed by atoms with Gasteiger partial charge in [-0.05, 0) is 42.0 Å². The SMILES string of the molecule is CCC1=C(N)C(C(=O)NCc2ccccc2C(F)(F)F)=NC(Cl)=C(C2CCN=CC=NC2)C1. The van der Waals surface area contributed by atoms with Gasteiger partial charge in [0.15, 0.2) is 5.71 Å². The predicted molar refractivity (Wildman–Crippen MR) is 125 cm³/mol. The van der Waals surface area contributed by atoms with E-state index < -0.39 is 17.6 Å². The molecule has 0 aromatic heterocycles. The minimum absolute atomic E-state index is 0.00891. The van der Waals surface area contributed by atoms with E-state index in [4.69, 9.17) is 17.3 Å². The van der Waals surface area contributed by atoms with Gasteiger partial charge in [-0.25, -0.2) is 4.99 Å². The number of aliphatic imine (C=N–C) groups is 3. The van der Waals surface area contributed by atoms with Gasteiger partial charge in [0.2, 0.25) is 0 Å². The molecule has 1 atom stereocenters. The zero-order chi connectivity index (χ0) is 24.0. The van der Waals surface area contributed by atoms with Gasteiger partial charge in [0.25, 0.3) is 5.91 Å². The lowest BCUT2D eigenvalue weighted by molar-refractivity contribution is -0.138. The van der Waals surface area contributed by atoms with Crippen LogP contribution in [0.5, 0.6) is 0 Å². The highest BCUT2D eigenvalue weighted by Gasteiger charge is 2.33. The van der Waals surface area contributed by atoms with Crippen molar-refractivity contribution in [2.24, 2.45) is 26.6 Å². The van der Waals surface area contributed by atoms with Crippen LogP contribution in [-0.2, 0) is 17.5 Å². The van der Waals surface area contributed by atoms with Crippen LogP contribution in [-0.4, -0.2) is 37.1 Å². The Bertz CT molecular complexity index is 1060. The molecule has 2 aliphatic heterocycles. The Morgan fingerprint density at radius 3 is 2.70 bits per heavy atom. The number of hydrogen-bond donors (Lipinski definition) is 2. The first kappa shape index (κ1) is 24.7. The molecule has 0 bridgehead atoms. The molecule has 1 unspecified atom stereocenters. The molecule has 2 heterocycles. The molecule has 0 fully saturated rings. The number of carbonyl (C=O) groups is 1. The van der Waals surface area contributed by atoms with Crippen molar-refractivity contribution in [3.05, 3.63) is 57.4 Å². The third kappa shape index (κ3) is 6.10. The predicted octanol–water partition coefficient (Wildman–Crippen LogP) is 4.40. The monoisotopic (exact) mass is 479 g/mol. The van der Waals surface area contributed by atoms with Crippen LogP contribution >= 0.6 is 11.6 Å².